The van der Waals surface area contributed by atoms with Crippen LogP contribution < -0.4 is 5.32 Å². The second kappa shape index (κ2) is 6.06. The first kappa shape index (κ1) is 13.9. The van der Waals surface area contributed by atoms with Crippen molar-refractivity contribution in [1.29, 1.82) is 0 Å². The summed E-state index contributed by atoms with van der Waals surface area (Å²) in [5, 5.41) is 19.1. The highest BCUT2D eigenvalue weighted by atomic mass is 16.3. The molecule has 0 unspecified atom stereocenters. The summed E-state index contributed by atoms with van der Waals surface area (Å²) in [6.45, 7) is 6.13. The van der Waals surface area contributed by atoms with E-state index >= 15 is 0 Å². The average molecular weight is 266 g/mol. The molecule has 2 amide bonds. The van der Waals surface area contributed by atoms with Gasteiger partial charge in [-0.3, -0.25) is 5.10 Å². The number of amides is 2. The molecule has 3 N–H and O–H groups in total. The van der Waals surface area contributed by atoms with Crippen molar-refractivity contribution in [2.24, 2.45) is 5.92 Å². The van der Waals surface area contributed by atoms with Crippen LogP contribution in [0.2, 0.25) is 0 Å². The standard InChI is InChI=1S/C13H22N4O2/c1-9-12(10(2)16-15-9)3-5-14-13(19)17-6-4-11(7-17)8-18/h11,18H,3-8H2,1-2H3,(H,14,19)(H,15,16)/t11-/m0/s1. The van der Waals surface area contributed by atoms with Crippen LogP contribution in [-0.2, 0) is 6.42 Å². The molecule has 0 spiro atoms. The molecule has 0 radical (unpaired) electrons. The maximum Gasteiger partial charge on any atom is 0.317 e. The van der Waals surface area contributed by atoms with Gasteiger partial charge in [0.25, 0.3) is 0 Å². The number of hydrogen-bond donors (Lipinski definition) is 3. The molecule has 1 aliphatic rings. The summed E-state index contributed by atoms with van der Waals surface area (Å²) >= 11 is 0. The van der Waals surface area contributed by atoms with Gasteiger partial charge in [0.1, 0.15) is 0 Å². The van der Waals surface area contributed by atoms with E-state index in [0.717, 1.165) is 30.8 Å². The van der Waals surface area contributed by atoms with E-state index in [1.807, 2.05) is 13.8 Å². The lowest BCUT2D eigenvalue weighted by molar-refractivity contribution is 0.198. The Balaban J connectivity index is 1.76. The number of urea groups is 1. The van der Waals surface area contributed by atoms with E-state index in [2.05, 4.69) is 15.5 Å². The molecule has 0 aliphatic carbocycles. The third kappa shape index (κ3) is 3.26. The first-order valence-electron chi connectivity index (χ1n) is 6.76. The maximum absolute atomic E-state index is 11.9. The number of nitrogens with one attached hydrogen (secondary N) is 2. The Morgan fingerprint density at radius 3 is 2.95 bits per heavy atom. The van der Waals surface area contributed by atoms with Gasteiger partial charge in [0.05, 0.1) is 5.69 Å². The number of rotatable bonds is 4. The number of aromatic nitrogens is 2. The molecule has 6 nitrogen and oxygen atoms in total. The smallest absolute Gasteiger partial charge is 0.317 e. The summed E-state index contributed by atoms with van der Waals surface area (Å²) in [5.41, 5.74) is 3.23. The minimum Gasteiger partial charge on any atom is -0.396 e. The molecule has 2 rings (SSSR count). The number of likely N-dealkylation sites (tertiary alicyclic amines) is 1. The highest BCUT2D eigenvalue weighted by molar-refractivity contribution is 5.74. The van der Waals surface area contributed by atoms with Crippen LogP contribution in [0.1, 0.15) is 23.4 Å². The molecular formula is C13H22N4O2. The van der Waals surface area contributed by atoms with E-state index in [-0.39, 0.29) is 18.6 Å². The third-order valence-electron chi connectivity index (χ3n) is 3.76. The average Bonchev–Trinajstić information content (AvgIpc) is 2.99. The lowest BCUT2D eigenvalue weighted by Crippen LogP contribution is -2.39. The van der Waals surface area contributed by atoms with Crippen molar-refractivity contribution >= 4 is 6.03 Å². The summed E-state index contributed by atoms with van der Waals surface area (Å²) < 4.78 is 0. The molecule has 6 heteroatoms. The predicted octanol–water partition coefficient (Wildman–Crippen LogP) is 0.593. The molecule has 1 atom stereocenters. The number of carbonyl (C=O) groups is 1. The number of hydrogen-bond acceptors (Lipinski definition) is 3. The van der Waals surface area contributed by atoms with E-state index in [0.29, 0.717) is 13.1 Å². The largest absolute Gasteiger partial charge is 0.396 e. The Bertz CT molecular complexity index is 424. The van der Waals surface area contributed by atoms with Gasteiger partial charge < -0.3 is 15.3 Å². The van der Waals surface area contributed by atoms with E-state index in [4.69, 9.17) is 5.11 Å². The molecule has 0 aromatic carbocycles. The number of nitrogens with zero attached hydrogens (tertiary/aromatic N) is 2. The summed E-state index contributed by atoms with van der Waals surface area (Å²) in [5.74, 6) is 0.240. The molecule has 0 bridgehead atoms. The summed E-state index contributed by atoms with van der Waals surface area (Å²) in [6, 6.07) is -0.0326. The van der Waals surface area contributed by atoms with Crippen LogP contribution in [0.25, 0.3) is 0 Å². The lowest BCUT2D eigenvalue weighted by atomic mass is 10.1. The number of H-pyrrole nitrogens is 1. The van der Waals surface area contributed by atoms with Gasteiger partial charge in [0.2, 0.25) is 0 Å². The molecule has 106 valence electrons. The van der Waals surface area contributed by atoms with Gasteiger partial charge >= 0.3 is 6.03 Å². The van der Waals surface area contributed by atoms with Crippen molar-refractivity contribution in [2.75, 3.05) is 26.2 Å². The van der Waals surface area contributed by atoms with Crippen LogP contribution in [0, 0.1) is 19.8 Å². The monoisotopic (exact) mass is 266 g/mol. The van der Waals surface area contributed by atoms with E-state index in [1.165, 1.54) is 5.56 Å². The lowest BCUT2D eigenvalue weighted by Gasteiger charge is -2.17. The molecule has 1 aromatic heterocycles. The molecule has 0 saturated carbocycles. The van der Waals surface area contributed by atoms with Gasteiger partial charge in [0.15, 0.2) is 0 Å². The van der Waals surface area contributed by atoms with Crippen LogP contribution in [0.3, 0.4) is 0 Å². The fourth-order valence-corrected chi connectivity index (χ4v) is 2.51. The normalized spacial score (nSPS) is 18.9. The number of aryl methyl sites for hydroxylation is 2. The molecular weight excluding hydrogens is 244 g/mol. The fraction of sp³-hybridized carbons (Fsp3) is 0.692. The van der Waals surface area contributed by atoms with Crippen molar-refractivity contribution in [2.45, 2.75) is 26.7 Å². The van der Waals surface area contributed by atoms with Crippen molar-refractivity contribution in [3.8, 4) is 0 Å². The van der Waals surface area contributed by atoms with Gasteiger partial charge in [-0.05, 0) is 32.3 Å². The Kier molecular flexibility index (Phi) is 4.42. The third-order valence-corrected chi connectivity index (χ3v) is 3.76. The number of aromatic amines is 1. The summed E-state index contributed by atoms with van der Waals surface area (Å²) in [7, 11) is 0. The van der Waals surface area contributed by atoms with E-state index in [9.17, 15) is 4.79 Å². The zero-order valence-electron chi connectivity index (χ0n) is 11.6. The van der Waals surface area contributed by atoms with Gasteiger partial charge in [-0.25, -0.2) is 4.79 Å². The van der Waals surface area contributed by atoms with Crippen molar-refractivity contribution in [3.05, 3.63) is 17.0 Å². The molecule has 1 fully saturated rings. The van der Waals surface area contributed by atoms with Gasteiger partial charge in [-0.2, -0.15) is 5.10 Å². The van der Waals surface area contributed by atoms with Gasteiger partial charge in [-0.15, -0.1) is 0 Å². The number of aliphatic hydroxyl groups is 1. The zero-order chi connectivity index (χ0) is 13.8. The van der Waals surface area contributed by atoms with Crippen LogP contribution in [0.5, 0.6) is 0 Å². The van der Waals surface area contributed by atoms with Crippen LogP contribution >= 0.6 is 0 Å². The first-order chi connectivity index (χ1) is 9.11. The highest BCUT2D eigenvalue weighted by Crippen LogP contribution is 2.15. The van der Waals surface area contributed by atoms with Gasteiger partial charge in [-0.1, -0.05) is 0 Å². The molecule has 19 heavy (non-hydrogen) atoms. The van der Waals surface area contributed by atoms with E-state index < -0.39 is 0 Å². The molecule has 2 heterocycles. The van der Waals surface area contributed by atoms with Crippen LogP contribution in [0.4, 0.5) is 4.79 Å². The fourth-order valence-electron chi connectivity index (χ4n) is 2.51. The first-order valence-corrected chi connectivity index (χ1v) is 6.76. The van der Waals surface area contributed by atoms with Crippen molar-refractivity contribution in [3.63, 3.8) is 0 Å². The molecule has 1 saturated heterocycles. The minimum absolute atomic E-state index is 0.0326. The zero-order valence-corrected chi connectivity index (χ0v) is 11.6. The summed E-state index contributed by atoms with van der Waals surface area (Å²) in [4.78, 5) is 13.7. The Hall–Kier alpha value is -1.56. The SMILES string of the molecule is Cc1n[nH]c(C)c1CCNC(=O)N1CC[C@H](CO)C1. The number of aliphatic hydroxyl groups excluding tert-OH is 1. The molecule has 1 aromatic rings. The van der Waals surface area contributed by atoms with Gasteiger partial charge in [0, 0.05) is 37.9 Å². The predicted molar refractivity (Wildman–Crippen MR) is 71.9 cm³/mol. The molecule has 1 aliphatic heterocycles. The second-order valence-electron chi connectivity index (χ2n) is 5.18. The topological polar surface area (TPSA) is 81.2 Å². The minimum atomic E-state index is -0.0326. The highest BCUT2D eigenvalue weighted by Gasteiger charge is 2.25. The van der Waals surface area contributed by atoms with Crippen molar-refractivity contribution < 1.29 is 9.90 Å². The van der Waals surface area contributed by atoms with Crippen LogP contribution in [0.15, 0.2) is 0 Å². The van der Waals surface area contributed by atoms with Crippen LogP contribution in [-0.4, -0.2) is 52.5 Å². The maximum atomic E-state index is 11.9. The van der Waals surface area contributed by atoms with Crippen molar-refractivity contribution in [1.82, 2.24) is 20.4 Å². The quantitative estimate of drug-likeness (QED) is 0.746. The number of carbonyl (C=O) groups excluding carboxylic acids is 1. The summed E-state index contributed by atoms with van der Waals surface area (Å²) in [6.07, 6.45) is 1.68. The van der Waals surface area contributed by atoms with E-state index in [1.54, 1.807) is 4.90 Å². The second-order valence-corrected chi connectivity index (χ2v) is 5.18. The Morgan fingerprint density at radius 2 is 2.37 bits per heavy atom. The Labute approximate surface area is 113 Å². The Morgan fingerprint density at radius 1 is 1.58 bits per heavy atom.